The molecular formula is C11H14ClNO3S. The molecule has 1 heterocycles. The maximum atomic E-state index is 11.8. The molecule has 0 radical (unpaired) electrons. The van der Waals surface area contributed by atoms with Gasteiger partial charge in [-0.05, 0) is 17.5 Å². The molecule has 0 spiro atoms. The largest absolute Gasteiger partial charge is 0.480 e. The van der Waals surface area contributed by atoms with E-state index in [1.54, 1.807) is 32.9 Å². The zero-order valence-corrected chi connectivity index (χ0v) is 11.4. The molecule has 4 nitrogen and oxygen atoms in total. The number of carboxylic acids is 1. The maximum Gasteiger partial charge on any atom is 0.326 e. The minimum absolute atomic E-state index is 0.408. The molecule has 1 amide bonds. The van der Waals surface area contributed by atoms with E-state index in [0.29, 0.717) is 9.21 Å². The summed E-state index contributed by atoms with van der Waals surface area (Å²) in [6.45, 7) is 5.27. The van der Waals surface area contributed by atoms with Crippen molar-refractivity contribution >= 4 is 34.8 Å². The van der Waals surface area contributed by atoms with Gasteiger partial charge in [-0.3, -0.25) is 4.79 Å². The van der Waals surface area contributed by atoms with Gasteiger partial charge >= 0.3 is 5.97 Å². The van der Waals surface area contributed by atoms with Crippen LogP contribution in [0.5, 0.6) is 0 Å². The van der Waals surface area contributed by atoms with E-state index in [0.717, 1.165) is 11.3 Å². The van der Waals surface area contributed by atoms with Gasteiger partial charge in [-0.2, -0.15) is 0 Å². The van der Waals surface area contributed by atoms with Crippen LogP contribution in [0.3, 0.4) is 0 Å². The average Bonchev–Trinajstić information content (AvgIpc) is 2.58. The molecule has 1 aromatic heterocycles. The van der Waals surface area contributed by atoms with Crippen LogP contribution in [0.4, 0.5) is 0 Å². The predicted molar refractivity (Wildman–Crippen MR) is 67.7 cm³/mol. The summed E-state index contributed by atoms with van der Waals surface area (Å²) in [7, 11) is 0. The van der Waals surface area contributed by atoms with Gasteiger partial charge in [0.25, 0.3) is 5.91 Å². The van der Waals surface area contributed by atoms with E-state index >= 15 is 0 Å². The third-order valence-electron chi connectivity index (χ3n) is 2.19. The van der Waals surface area contributed by atoms with Crippen LogP contribution in [0.1, 0.15) is 30.4 Å². The van der Waals surface area contributed by atoms with Gasteiger partial charge in [0.2, 0.25) is 0 Å². The van der Waals surface area contributed by atoms with Crippen molar-refractivity contribution < 1.29 is 14.7 Å². The Morgan fingerprint density at radius 3 is 2.35 bits per heavy atom. The summed E-state index contributed by atoms with van der Waals surface area (Å²) in [6, 6.07) is 2.24. The van der Waals surface area contributed by atoms with Crippen LogP contribution in [0, 0.1) is 5.41 Å². The van der Waals surface area contributed by atoms with Crippen molar-refractivity contribution in [3.63, 3.8) is 0 Å². The Balaban J connectivity index is 2.82. The molecule has 17 heavy (non-hydrogen) atoms. The lowest BCUT2D eigenvalue weighted by Crippen LogP contribution is -2.48. The van der Waals surface area contributed by atoms with Gasteiger partial charge in [0.15, 0.2) is 0 Å². The lowest BCUT2D eigenvalue weighted by atomic mass is 9.87. The summed E-state index contributed by atoms with van der Waals surface area (Å²) in [6.07, 6.45) is 0. The highest BCUT2D eigenvalue weighted by atomic mass is 35.5. The fourth-order valence-electron chi connectivity index (χ4n) is 1.29. The van der Waals surface area contributed by atoms with Crippen molar-refractivity contribution in [2.75, 3.05) is 0 Å². The Kier molecular flexibility index (Phi) is 4.16. The quantitative estimate of drug-likeness (QED) is 0.891. The number of carboxylic acid groups (broad SMARTS) is 1. The van der Waals surface area contributed by atoms with Gasteiger partial charge < -0.3 is 10.4 Å². The third kappa shape index (κ3) is 3.71. The molecule has 1 atom stereocenters. The Morgan fingerprint density at radius 2 is 2.00 bits per heavy atom. The number of thiophene rings is 1. The van der Waals surface area contributed by atoms with E-state index in [1.165, 1.54) is 0 Å². The monoisotopic (exact) mass is 275 g/mol. The molecule has 0 aliphatic rings. The zero-order chi connectivity index (χ0) is 13.2. The van der Waals surface area contributed by atoms with Crippen molar-refractivity contribution in [2.24, 2.45) is 5.41 Å². The van der Waals surface area contributed by atoms with Crippen molar-refractivity contribution in [2.45, 2.75) is 26.8 Å². The van der Waals surface area contributed by atoms with E-state index in [1.807, 2.05) is 0 Å². The maximum absolute atomic E-state index is 11.8. The number of amides is 1. The second-order valence-corrected chi connectivity index (χ2v) is 6.43. The minimum Gasteiger partial charge on any atom is -0.480 e. The molecule has 94 valence electrons. The number of nitrogens with one attached hydrogen (secondary N) is 1. The van der Waals surface area contributed by atoms with Crippen molar-refractivity contribution in [3.8, 4) is 0 Å². The van der Waals surface area contributed by atoms with Gasteiger partial charge in [-0.25, -0.2) is 4.79 Å². The summed E-state index contributed by atoms with van der Waals surface area (Å²) < 4.78 is 0.498. The Bertz CT molecular complexity index is 436. The first kappa shape index (κ1) is 14.0. The minimum atomic E-state index is -1.05. The average molecular weight is 276 g/mol. The Hall–Kier alpha value is -1.07. The predicted octanol–water partition coefficient (Wildman–Crippen LogP) is 2.63. The summed E-state index contributed by atoms with van der Waals surface area (Å²) in [4.78, 5) is 23.3. The van der Waals surface area contributed by atoms with Gasteiger partial charge in [-0.1, -0.05) is 32.4 Å². The molecule has 0 aliphatic heterocycles. The lowest BCUT2D eigenvalue weighted by molar-refractivity contribution is -0.142. The number of hydrogen-bond acceptors (Lipinski definition) is 3. The van der Waals surface area contributed by atoms with Gasteiger partial charge in [0, 0.05) is 0 Å². The highest BCUT2D eigenvalue weighted by Gasteiger charge is 2.33. The molecule has 1 aromatic rings. The fourth-order valence-corrected chi connectivity index (χ4v) is 2.23. The summed E-state index contributed by atoms with van der Waals surface area (Å²) in [5, 5.41) is 11.6. The van der Waals surface area contributed by atoms with Crippen molar-refractivity contribution in [3.05, 3.63) is 21.3 Å². The van der Waals surface area contributed by atoms with E-state index in [9.17, 15) is 9.59 Å². The highest BCUT2D eigenvalue weighted by molar-refractivity contribution is 7.18. The Morgan fingerprint density at radius 1 is 1.41 bits per heavy atom. The molecule has 0 aliphatic carbocycles. The van der Waals surface area contributed by atoms with Crippen LogP contribution in [0.25, 0.3) is 0 Å². The summed E-state index contributed by atoms with van der Waals surface area (Å²) >= 11 is 6.84. The van der Waals surface area contributed by atoms with Crippen LogP contribution in [0.15, 0.2) is 12.1 Å². The molecule has 2 N–H and O–H groups in total. The van der Waals surface area contributed by atoms with Gasteiger partial charge in [0.1, 0.15) is 6.04 Å². The Labute approximate surface area is 109 Å². The second kappa shape index (κ2) is 5.06. The second-order valence-electron chi connectivity index (χ2n) is 4.71. The fraction of sp³-hybridized carbons (Fsp3) is 0.455. The molecule has 0 aromatic carbocycles. The molecule has 0 saturated heterocycles. The standard InChI is InChI=1S/C11H14ClNO3S/c1-11(2,3)8(10(15)16)13-9(14)6-4-5-7(12)17-6/h4-5,8H,1-3H3,(H,13,14)(H,15,16)/t8-/m0/s1. The number of carbonyl (C=O) groups excluding carboxylic acids is 1. The van der Waals surface area contributed by atoms with Gasteiger partial charge in [0.05, 0.1) is 9.21 Å². The SMILES string of the molecule is CC(C)(C)[C@@H](NC(=O)c1ccc(Cl)s1)C(=O)O. The third-order valence-corrected chi connectivity index (χ3v) is 3.42. The van der Waals surface area contributed by atoms with E-state index in [4.69, 9.17) is 16.7 Å². The molecule has 1 rings (SSSR count). The van der Waals surface area contributed by atoms with Crippen LogP contribution in [0.2, 0.25) is 4.34 Å². The smallest absolute Gasteiger partial charge is 0.326 e. The van der Waals surface area contributed by atoms with Crippen LogP contribution < -0.4 is 5.32 Å². The zero-order valence-electron chi connectivity index (χ0n) is 9.78. The van der Waals surface area contributed by atoms with Crippen molar-refractivity contribution in [1.29, 1.82) is 0 Å². The number of halogens is 1. The molecule has 0 unspecified atom stereocenters. The first-order chi connectivity index (χ1) is 7.71. The van der Waals surface area contributed by atoms with E-state index in [2.05, 4.69) is 5.32 Å². The van der Waals surface area contributed by atoms with Gasteiger partial charge in [-0.15, -0.1) is 11.3 Å². The number of rotatable bonds is 3. The molecule has 0 saturated carbocycles. The first-order valence-electron chi connectivity index (χ1n) is 5.01. The highest BCUT2D eigenvalue weighted by Crippen LogP contribution is 2.23. The summed E-state index contributed by atoms with van der Waals surface area (Å²) in [5.41, 5.74) is -0.553. The van der Waals surface area contributed by atoms with Crippen LogP contribution in [-0.2, 0) is 4.79 Å². The number of aliphatic carboxylic acids is 1. The first-order valence-corrected chi connectivity index (χ1v) is 6.20. The van der Waals surface area contributed by atoms with Crippen LogP contribution in [-0.4, -0.2) is 23.0 Å². The lowest BCUT2D eigenvalue weighted by Gasteiger charge is -2.27. The molecule has 0 fully saturated rings. The normalized spacial score (nSPS) is 13.2. The number of carbonyl (C=O) groups is 2. The molecule has 6 heteroatoms. The van der Waals surface area contributed by atoms with E-state index < -0.39 is 23.3 Å². The summed E-state index contributed by atoms with van der Waals surface area (Å²) in [5.74, 6) is -1.46. The van der Waals surface area contributed by atoms with E-state index in [-0.39, 0.29) is 0 Å². The van der Waals surface area contributed by atoms with Crippen LogP contribution >= 0.6 is 22.9 Å². The number of hydrogen-bond donors (Lipinski definition) is 2. The topological polar surface area (TPSA) is 66.4 Å². The molecule has 0 bridgehead atoms. The van der Waals surface area contributed by atoms with Crippen molar-refractivity contribution in [1.82, 2.24) is 5.32 Å². The molecular weight excluding hydrogens is 262 g/mol.